The minimum atomic E-state index is -0.250. The average molecular weight is 455 g/mol. The van der Waals surface area contributed by atoms with Gasteiger partial charge in [-0.2, -0.15) is 0 Å². The maximum absolute atomic E-state index is 13.2. The van der Waals surface area contributed by atoms with Gasteiger partial charge in [0.25, 0.3) is 11.8 Å². The number of amides is 2. The molecule has 8 nitrogen and oxygen atoms in total. The number of hydrogen-bond donors (Lipinski definition) is 1. The third-order valence-electron chi connectivity index (χ3n) is 4.59. The SMILES string of the molecule is COc1ccc(C(=O)NCc2cccc(C(=O)N(CN(C)C)c3nccs3)c2)cc1OC. The van der Waals surface area contributed by atoms with E-state index in [0.29, 0.717) is 34.4 Å². The maximum atomic E-state index is 13.2. The summed E-state index contributed by atoms with van der Waals surface area (Å²) in [5.74, 6) is 0.634. The summed E-state index contributed by atoms with van der Waals surface area (Å²) in [6.07, 6.45) is 1.68. The molecule has 168 valence electrons. The van der Waals surface area contributed by atoms with Crippen molar-refractivity contribution >= 4 is 28.3 Å². The van der Waals surface area contributed by atoms with Gasteiger partial charge in [0.05, 0.1) is 20.9 Å². The maximum Gasteiger partial charge on any atom is 0.261 e. The van der Waals surface area contributed by atoms with E-state index in [1.807, 2.05) is 30.4 Å². The standard InChI is InChI=1S/C23H26N4O4S/c1-26(2)15-27(23-24-10-11-32-23)22(29)18-7-5-6-16(12-18)14-25-21(28)17-8-9-19(30-3)20(13-17)31-4/h5-13H,14-15H2,1-4H3,(H,25,28). The highest BCUT2D eigenvalue weighted by atomic mass is 32.1. The predicted molar refractivity (Wildman–Crippen MR) is 125 cm³/mol. The van der Waals surface area contributed by atoms with E-state index in [9.17, 15) is 9.59 Å². The van der Waals surface area contributed by atoms with E-state index in [2.05, 4.69) is 10.3 Å². The summed E-state index contributed by atoms with van der Waals surface area (Å²) >= 11 is 1.41. The Bertz CT molecular complexity index is 1070. The highest BCUT2D eigenvalue weighted by Crippen LogP contribution is 2.27. The lowest BCUT2D eigenvalue weighted by atomic mass is 10.1. The first kappa shape index (κ1) is 23.2. The molecule has 3 rings (SSSR count). The lowest BCUT2D eigenvalue weighted by Gasteiger charge is -2.23. The normalized spacial score (nSPS) is 10.7. The summed E-state index contributed by atoms with van der Waals surface area (Å²) in [5.41, 5.74) is 1.80. The number of carbonyl (C=O) groups is 2. The number of aromatic nitrogens is 1. The van der Waals surface area contributed by atoms with Gasteiger partial charge in [0, 0.05) is 29.2 Å². The molecule has 0 bridgehead atoms. The molecule has 0 unspecified atom stereocenters. The Labute approximate surface area is 191 Å². The Morgan fingerprint density at radius 2 is 1.81 bits per heavy atom. The van der Waals surface area contributed by atoms with E-state index in [1.54, 1.807) is 54.6 Å². The summed E-state index contributed by atoms with van der Waals surface area (Å²) in [5, 5.41) is 5.35. The average Bonchev–Trinajstić information content (AvgIpc) is 3.34. The van der Waals surface area contributed by atoms with Crippen LogP contribution in [0.25, 0.3) is 0 Å². The predicted octanol–water partition coefficient (Wildman–Crippen LogP) is 3.26. The quantitative estimate of drug-likeness (QED) is 0.500. The third kappa shape index (κ3) is 5.63. The van der Waals surface area contributed by atoms with Crippen LogP contribution in [-0.4, -0.2) is 56.7 Å². The molecular formula is C23H26N4O4S. The highest BCUT2D eigenvalue weighted by molar-refractivity contribution is 7.13. The minimum Gasteiger partial charge on any atom is -0.493 e. The number of rotatable bonds is 9. The summed E-state index contributed by atoms with van der Waals surface area (Å²) in [6, 6.07) is 12.2. The molecule has 0 saturated heterocycles. The van der Waals surface area contributed by atoms with Crippen LogP contribution in [-0.2, 0) is 6.54 Å². The van der Waals surface area contributed by atoms with Crippen LogP contribution in [0.2, 0.25) is 0 Å². The lowest BCUT2D eigenvalue weighted by Crippen LogP contribution is -2.38. The zero-order valence-corrected chi connectivity index (χ0v) is 19.3. The second-order valence-electron chi connectivity index (χ2n) is 7.22. The van der Waals surface area contributed by atoms with Crippen molar-refractivity contribution in [2.45, 2.75) is 6.54 Å². The second kappa shape index (κ2) is 10.7. The first-order valence-electron chi connectivity index (χ1n) is 9.88. The number of hydrogen-bond acceptors (Lipinski definition) is 7. The molecule has 1 N–H and O–H groups in total. The van der Waals surface area contributed by atoms with Gasteiger partial charge in [0.2, 0.25) is 0 Å². The number of methoxy groups -OCH3 is 2. The molecule has 9 heteroatoms. The Morgan fingerprint density at radius 3 is 2.47 bits per heavy atom. The van der Waals surface area contributed by atoms with Crippen molar-refractivity contribution in [3.8, 4) is 11.5 Å². The smallest absolute Gasteiger partial charge is 0.261 e. The number of thiazole rings is 1. The molecule has 0 atom stereocenters. The zero-order valence-electron chi connectivity index (χ0n) is 18.5. The van der Waals surface area contributed by atoms with Crippen molar-refractivity contribution in [1.29, 1.82) is 0 Å². The molecule has 3 aromatic rings. The van der Waals surface area contributed by atoms with Gasteiger partial charge in [-0.15, -0.1) is 11.3 Å². The summed E-state index contributed by atoms with van der Waals surface area (Å²) in [7, 11) is 6.86. The number of ether oxygens (including phenoxy) is 2. The van der Waals surface area contributed by atoms with Crippen LogP contribution in [0, 0.1) is 0 Å². The lowest BCUT2D eigenvalue weighted by molar-refractivity contribution is 0.0949. The fourth-order valence-electron chi connectivity index (χ4n) is 3.08. The molecule has 0 fully saturated rings. The van der Waals surface area contributed by atoms with Crippen LogP contribution in [0.15, 0.2) is 54.0 Å². The largest absolute Gasteiger partial charge is 0.493 e. The third-order valence-corrected chi connectivity index (χ3v) is 5.39. The molecule has 32 heavy (non-hydrogen) atoms. The fourth-order valence-corrected chi connectivity index (χ4v) is 3.71. The molecule has 0 spiro atoms. The molecule has 1 aromatic heterocycles. The second-order valence-corrected chi connectivity index (χ2v) is 8.09. The van der Waals surface area contributed by atoms with E-state index >= 15 is 0 Å². The Kier molecular flexibility index (Phi) is 7.80. The monoisotopic (exact) mass is 454 g/mol. The topological polar surface area (TPSA) is 84.0 Å². The van der Waals surface area contributed by atoms with Crippen LogP contribution in [0.1, 0.15) is 26.3 Å². The zero-order chi connectivity index (χ0) is 23.1. The summed E-state index contributed by atoms with van der Waals surface area (Å²) < 4.78 is 10.5. The van der Waals surface area contributed by atoms with Gasteiger partial charge in [-0.3, -0.25) is 19.4 Å². The van der Waals surface area contributed by atoms with Crippen molar-refractivity contribution in [3.63, 3.8) is 0 Å². The Morgan fingerprint density at radius 1 is 1.03 bits per heavy atom. The van der Waals surface area contributed by atoms with Crippen molar-refractivity contribution in [1.82, 2.24) is 15.2 Å². The van der Waals surface area contributed by atoms with E-state index in [4.69, 9.17) is 9.47 Å². The van der Waals surface area contributed by atoms with Crippen LogP contribution in [0.3, 0.4) is 0 Å². The van der Waals surface area contributed by atoms with Crippen molar-refractivity contribution in [2.75, 3.05) is 39.9 Å². The molecule has 0 saturated carbocycles. The van der Waals surface area contributed by atoms with Crippen LogP contribution in [0.4, 0.5) is 5.13 Å². The highest BCUT2D eigenvalue weighted by Gasteiger charge is 2.21. The number of nitrogens with zero attached hydrogens (tertiary/aromatic N) is 3. The van der Waals surface area contributed by atoms with Crippen molar-refractivity contribution < 1.29 is 19.1 Å². The van der Waals surface area contributed by atoms with Gasteiger partial charge in [0.15, 0.2) is 16.6 Å². The van der Waals surface area contributed by atoms with Gasteiger partial charge < -0.3 is 14.8 Å². The first-order chi connectivity index (χ1) is 15.4. The van der Waals surface area contributed by atoms with Crippen LogP contribution >= 0.6 is 11.3 Å². The summed E-state index contributed by atoms with van der Waals surface area (Å²) in [6.45, 7) is 0.686. The number of benzene rings is 2. The van der Waals surface area contributed by atoms with Crippen LogP contribution < -0.4 is 19.7 Å². The first-order valence-corrected chi connectivity index (χ1v) is 10.8. The Balaban J connectivity index is 1.72. The molecule has 0 aliphatic rings. The molecule has 2 amide bonds. The molecule has 1 heterocycles. The van der Waals surface area contributed by atoms with E-state index < -0.39 is 0 Å². The van der Waals surface area contributed by atoms with Gasteiger partial charge in [0.1, 0.15) is 0 Å². The van der Waals surface area contributed by atoms with Crippen LogP contribution in [0.5, 0.6) is 11.5 Å². The molecule has 0 radical (unpaired) electrons. The number of carbonyl (C=O) groups excluding carboxylic acids is 2. The van der Waals surface area contributed by atoms with E-state index in [0.717, 1.165) is 5.56 Å². The van der Waals surface area contributed by atoms with E-state index in [-0.39, 0.29) is 18.4 Å². The molecule has 0 aliphatic carbocycles. The van der Waals surface area contributed by atoms with Gasteiger partial charge in [-0.1, -0.05) is 12.1 Å². The fraction of sp³-hybridized carbons (Fsp3) is 0.261. The Hall–Kier alpha value is -3.43. The van der Waals surface area contributed by atoms with Crippen molar-refractivity contribution in [2.24, 2.45) is 0 Å². The molecular weight excluding hydrogens is 428 g/mol. The minimum absolute atomic E-state index is 0.151. The van der Waals surface area contributed by atoms with Gasteiger partial charge >= 0.3 is 0 Å². The number of anilines is 1. The molecule has 0 aliphatic heterocycles. The van der Waals surface area contributed by atoms with E-state index in [1.165, 1.54) is 18.4 Å². The van der Waals surface area contributed by atoms with Gasteiger partial charge in [-0.25, -0.2) is 4.98 Å². The van der Waals surface area contributed by atoms with Crippen molar-refractivity contribution in [3.05, 3.63) is 70.7 Å². The molecule has 2 aromatic carbocycles. The summed E-state index contributed by atoms with van der Waals surface area (Å²) in [4.78, 5) is 33.6. The number of nitrogens with one attached hydrogen (secondary N) is 1. The van der Waals surface area contributed by atoms with Gasteiger partial charge in [-0.05, 0) is 50.0 Å².